The van der Waals surface area contributed by atoms with Gasteiger partial charge in [0, 0.05) is 29.9 Å². The summed E-state index contributed by atoms with van der Waals surface area (Å²) in [7, 11) is 2.08. The molecule has 0 unspecified atom stereocenters. The van der Waals surface area contributed by atoms with E-state index in [0.29, 0.717) is 12.4 Å². The molecule has 2 aromatic carbocycles. The molecule has 0 saturated heterocycles. The minimum Gasteiger partial charge on any atom is -0.492 e. The molecule has 0 atom stereocenters. The number of rotatable bonds is 9. The van der Waals surface area contributed by atoms with Crippen molar-refractivity contribution in [3.05, 3.63) is 72.9 Å². The van der Waals surface area contributed by atoms with Crippen LogP contribution >= 0.6 is 0 Å². The fourth-order valence-electron chi connectivity index (χ4n) is 3.67. The number of fused-ring (bicyclic) bond motifs is 2. The number of ether oxygens (including phenoxy) is 2. The van der Waals surface area contributed by atoms with Crippen LogP contribution in [0.25, 0.3) is 16.6 Å². The third-order valence-corrected chi connectivity index (χ3v) is 5.81. The monoisotopic (exact) mass is 469 g/mol. The summed E-state index contributed by atoms with van der Waals surface area (Å²) in [6.45, 7) is 6.61. The largest absolute Gasteiger partial charge is 0.492 e. The van der Waals surface area contributed by atoms with E-state index >= 15 is 0 Å². The van der Waals surface area contributed by atoms with Gasteiger partial charge in [-0.1, -0.05) is 6.92 Å². The highest BCUT2D eigenvalue weighted by atomic mass is 16.5. The normalized spacial score (nSPS) is 11.3. The molecule has 5 rings (SSSR count). The molecule has 3 heterocycles. The summed E-state index contributed by atoms with van der Waals surface area (Å²) >= 11 is 0. The first-order chi connectivity index (χ1) is 17.1. The van der Waals surface area contributed by atoms with Crippen LogP contribution in [0.1, 0.15) is 12.5 Å². The van der Waals surface area contributed by atoms with Crippen LogP contribution < -0.4 is 14.8 Å². The predicted molar refractivity (Wildman–Crippen MR) is 136 cm³/mol. The van der Waals surface area contributed by atoms with Gasteiger partial charge in [-0.05, 0) is 68.5 Å². The SMILES string of the molecule is CCN(C)CCOc1ccc2ncnc(Nc3ccc(Oc4ccn5ncnc5c4)c(C)c3)c2c1. The minimum atomic E-state index is 0.622. The van der Waals surface area contributed by atoms with Crippen molar-refractivity contribution in [1.82, 2.24) is 29.5 Å². The minimum absolute atomic E-state index is 0.622. The molecule has 9 nitrogen and oxygen atoms in total. The van der Waals surface area contributed by atoms with Crippen molar-refractivity contribution in [2.45, 2.75) is 13.8 Å². The van der Waals surface area contributed by atoms with Gasteiger partial charge in [0.2, 0.25) is 0 Å². The number of nitrogens with zero attached hydrogens (tertiary/aromatic N) is 6. The number of likely N-dealkylation sites (N-methyl/N-ethyl adjacent to an activating group) is 1. The number of aromatic nitrogens is 5. The van der Waals surface area contributed by atoms with Gasteiger partial charge in [-0.3, -0.25) is 0 Å². The van der Waals surface area contributed by atoms with Gasteiger partial charge in [0.1, 0.15) is 42.3 Å². The second-order valence-corrected chi connectivity index (χ2v) is 8.28. The van der Waals surface area contributed by atoms with E-state index in [1.54, 1.807) is 10.8 Å². The molecule has 0 aliphatic heterocycles. The van der Waals surface area contributed by atoms with Gasteiger partial charge in [0.15, 0.2) is 5.65 Å². The first-order valence-electron chi connectivity index (χ1n) is 11.5. The highest BCUT2D eigenvalue weighted by Crippen LogP contribution is 2.31. The molecule has 0 radical (unpaired) electrons. The maximum atomic E-state index is 6.09. The number of nitrogens with one attached hydrogen (secondary N) is 1. The Balaban J connectivity index is 1.33. The van der Waals surface area contributed by atoms with Gasteiger partial charge in [0.25, 0.3) is 0 Å². The Labute approximate surface area is 203 Å². The van der Waals surface area contributed by atoms with E-state index in [2.05, 4.69) is 44.2 Å². The molecule has 9 heteroatoms. The molecule has 0 aliphatic rings. The lowest BCUT2D eigenvalue weighted by atomic mass is 10.2. The maximum Gasteiger partial charge on any atom is 0.158 e. The van der Waals surface area contributed by atoms with Gasteiger partial charge in [-0.15, -0.1) is 0 Å². The van der Waals surface area contributed by atoms with Crippen molar-refractivity contribution in [3.8, 4) is 17.2 Å². The van der Waals surface area contributed by atoms with Crippen LogP contribution in [-0.4, -0.2) is 56.2 Å². The quantitative estimate of drug-likeness (QED) is 0.328. The molecule has 0 spiro atoms. The van der Waals surface area contributed by atoms with E-state index in [4.69, 9.17) is 9.47 Å². The Morgan fingerprint density at radius 3 is 2.74 bits per heavy atom. The van der Waals surface area contributed by atoms with Crippen LogP contribution in [0.2, 0.25) is 0 Å². The van der Waals surface area contributed by atoms with Crippen LogP contribution in [0.15, 0.2) is 67.4 Å². The summed E-state index contributed by atoms with van der Waals surface area (Å²) in [6.07, 6.45) is 4.90. The topological polar surface area (TPSA) is 89.7 Å². The van der Waals surface area contributed by atoms with Crippen LogP contribution in [0.3, 0.4) is 0 Å². The molecule has 5 aromatic rings. The number of hydrogen-bond acceptors (Lipinski definition) is 8. The van der Waals surface area contributed by atoms with E-state index in [1.807, 2.05) is 61.7 Å². The Kier molecular flexibility index (Phi) is 6.40. The van der Waals surface area contributed by atoms with Crippen molar-refractivity contribution in [1.29, 1.82) is 0 Å². The molecule has 0 aliphatic carbocycles. The number of anilines is 2. The lowest BCUT2D eigenvalue weighted by Gasteiger charge is -2.15. The van der Waals surface area contributed by atoms with Crippen molar-refractivity contribution in [3.63, 3.8) is 0 Å². The van der Waals surface area contributed by atoms with Crippen molar-refractivity contribution >= 4 is 28.1 Å². The molecule has 0 amide bonds. The van der Waals surface area contributed by atoms with E-state index < -0.39 is 0 Å². The summed E-state index contributed by atoms with van der Waals surface area (Å²) in [5, 5.41) is 8.42. The summed E-state index contributed by atoms with van der Waals surface area (Å²) in [4.78, 5) is 15.3. The van der Waals surface area contributed by atoms with Gasteiger partial charge in [0.05, 0.1) is 5.52 Å². The zero-order chi connectivity index (χ0) is 24.2. The molecular weight excluding hydrogens is 442 g/mol. The Hall–Kier alpha value is -4.24. The Morgan fingerprint density at radius 2 is 1.89 bits per heavy atom. The van der Waals surface area contributed by atoms with Crippen molar-refractivity contribution < 1.29 is 9.47 Å². The average molecular weight is 470 g/mol. The van der Waals surface area contributed by atoms with E-state index in [9.17, 15) is 0 Å². The molecule has 0 bridgehead atoms. The average Bonchev–Trinajstić information content (AvgIpc) is 3.34. The lowest BCUT2D eigenvalue weighted by Crippen LogP contribution is -2.23. The highest BCUT2D eigenvalue weighted by Gasteiger charge is 2.09. The summed E-state index contributed by atoms with van der Waals surface area (Å²) in [5.41, 5.74) is 3.47. The highest BCUT2D eigenvalue weighted by molar-refractivity contribution is 5.91. The second-order valence-electron chi connectivity index (χ2n) is 8.28. The number of pyridine rings is 1. The van der Waals surface area contributed by atoms with Gasteiger partial charge >= 0.3 is 0 Å². The summed E-state index contributed by atoms with van der Waals surface area (Å²) in [5.74, 6) is 2.98. The fourth-order valence-corrected chi connectivity index (χ4v) is 3.67. The molecule has 0 saturated carbocycles. The Morgan fingerprint density at radius 1 is 0.971 bits per heavy atom. The van der Waals surface area contributed by atoms with E-state index in [0.717, 1.165) is 58.2 Å². The molecule has 3 aromatic heterocycles. The van der Waals surface area contributed by atoms with Gasteiger partial charge < -0.3 is 19.7 Å². The van der Waals surface area contributed by atoms with Gasteiger partial charge in [-0.25, -0.2) is 19.5 Å². The van der Waals surface area contributed by atoms with Crippen molar-refractivity contribution in [2.75, 3.05) is 32.1 Å². The first kappa shape index (κ1) is 22.5. The van der Waals surface area contributed by atoms with Crippen LogP contribution in [0, 0.1) is 6.92 Å². The maximum absolute atomic E-state index is 6.09. The first-order valence-corrected chi connectivity index (χ1v) is 11.5. The van der Waals surface area contributed by atoms with E-state index in [-0.39, 0.29) is 0 Å². The number of aryl methyl sites for hydroxylation is 1. The third-order valence-electron chi connectivity index (χ3n) is 5.81. The summed E-state index contributed by atoms with van der Waals surface area (Å²) in [6, 6.07) is 15.5. The van der Waals surface area contributed by atoms with Crippen LogP contribution in [-0.2, 0) is 0 Å². The zero-order valence-corrected chi connectivity index (χ0v) is 20.0. The second kappa shape index (κ2) is 9.94. The Bertz CT molecular complexity index is 1470. The molecule has 1 N–H and O–H groups in total. The van der Waals surface area contributed by atoms with Crippen LogP contribution in [0.5, 0.6) is 17.2 Å². The van der Waals surface area contributed by atoms with E-state index in [1.165, 1.54) is 6.33 Å². The summed E-state index contributed by atoms with van der Waals surface area (Å²) < 4.78 is 13.7. The lowest BCUT2D eigenvalue weighted by molar-refractivity contribution is 0.244. The molecule has 0 fully saturated rings. The van der Waals surface area contributed by atoms with Crippen LogP contribution in [0.4, 0.5) is 11.5 Å². The van der Waals surface area contributed by atoms with Gasteiger partial charge in [-0.2, -0.15) is 5.10 Å². The zero-order valence-electron chi connectivity index (χ0n) is 20.0. The molecule has 35 heavy (non-hydrogen) atoms. The molecule has 178 valence electrons. The fraction of sp³-hybridized carbons (Fsp3) is 0.231. The molecular formula is C26H27N7O2. The standard InChI is InChI=1S/C26H27N7O2/c1-4-32(3)11-12-34-20-6-7-23-22(14-20)26(29-16-27-23)31-19-5-8-24(18(2)13-19)35-21-9-10-33-25(15-21)28-17-30-33/h5-10,13-17H,4,11-12H2,1-3H3,(H,27,29,31). The smallest absolute Gasteiger partial charge is 0.158 e. The predicted octanol–water partition coefficient (Wildman–Crippen LogP) is 4.85. The number of hydrogen-bond donors (Lipinski definition) is 1. The third kappa shape index (κ3) is 5.15. The number of benzene rings is 2. The van der Waals surface area contributed by atoms with Crippen molar-refractivity contribution in [2.24, 2.45) is 0 Å².